The number of hydrogen-bond donors (Lipinski definition) is 0. The number of rotatable bonds is 4. The first-order valence-corrected chi connectivity index (χ1v) is 2.83. The molecule has 1 amide bonds. The molecule has 0 aliphatic heterocycles. The first-order valence-electron chi connectivity index (χ1n) is 2.83. The van der Waals surface area contributed by atoms with Crippen LogP contribution >= 0.6 is 0 Å². The molecule has 0 aromatic heterocycles. The third-order valence-corrected chi connectivity index (χ3v) is 0.979. The molecule has 0 aromatic rings. The molecule has 50 valence electrons. The van der Waals surface area contributed by atoms with Gasteiger partial charge in [0, 0.05) is 20.0 Å². The maximum Gasteiger partial charge on any atom is 0.209 e. The second kappa shape index (κ2) is 5.10. The van der Waals surface area contributed by atoms with Crippen molar-refractivity contribution < 1.29 is 4.79 Å². The van der Waals surface area contributed by atoms with E-state index in [-0.39, 0.29) is 0 Å². The van der Waals surface area contributed by atoms with Gasteiger partial charge in [0.15, 0.2) is 0 Å². The van der Waals surface area contributed by atoms with Gasteiger partial charge in [0.1, 0.15) is 0 Å². The van der Waals surface area contributed by atoms with Gasteiger partial charge in [-0.15, -0.1) is 0 Å². The van der Waals surface area contributed by atoms with Crippen molar-refractivity contribution in [3.63, 3.8) is 0 Å². The second-order valence-electron chi connectivity index (χ2n) is 1.85. The number of amides is 1. The predicted molar refractivity (Wildman–Crippen MR) is 33.5 cm³/mol. The third-order valence-electron chi connectivity index (χ3n) is 0.979. The van der Waals surface area contributed by atoms with Crippen LogP contribution in [0.2, 0.25) is 0 Å². The molecular weight excluding hydrogens is 116 g/mol. The summed E-state index contributed by atoms with van der Waals surface area (Å²) < 4.78 is 0. The minimum atomic E-state index is 0.526. The Bertz CT molecular complexity index is 117. The Balaban J connectivity index is 3.08. The number of nitrogens with zero attached hydrogens (tertiary/aromatic N) is 2. The summed E-state index contributed by atoms with van der Waals surface area (Å²) >= 11 is 0. The van der Waals surface area contributed by atoms with E-state index in [1.165, 1.54) is 4.90 Å². The van der Waals surface area contributed by atoms with Gasteiger partial charge in [0.05, 0.1) is 6.07 Å². The maximum absolute atomic E-state index is 9.94. The molecule has 0 saturated carbocycles. The first-order chi connectivity index (χ1) is 4.31. The molecule has 0 aliphatic carbocycles. The average molecular weight is 126 g/mol. The van der Waals surface area contributed by atoms with E-state index in [0.717, 1.165) is 12.8 Å². The molecule has 0 saturated heterocycles. The summed E-state index contributed by atoms with van der Waals surface area (Å²) in [6, 6.07) is 2.00. The van der Waals surface area contributed by atoms with Gasteiger partial charge in [-0.1, -0.05) is 0 Å². The highest BCUT2D eigenvalue weighted by Gasteiger charge is 1.90. The quantitative estimate of drug-likeness (QED) is 0.403. The number of carbonyl (C=O) groups is 1. The summed E-state index contributed by atoms with van der Waals surface area (Å²) in [6.07, 6.45) is 2.06. The number of carbonyl (C=O) groups excluding carboxylic acids is 1. The number of hydrogen-bond acceptors (Lipinski definition) is 2. The molecule has 0 unspecified atom stereocenters. The summed E-state index contributed by atoms with van der Waals surface area (Å²) in [5, 5.41) is 8.10. The molecule has 3 nitrogen and oxygen atoms in total. The van der Waals surface area contributed by atoms with E-state index in [4.69, 9.17) is 5.26 Å². The summed E-state index contributed by atoms with van der Waals surface area (Å²) in [5.41, 5.74) is 0. The van der Waals surface area contributed by atoms with Crippen molar-refractivity contribution >= 4 is 6.41 Å². The highest BCUT2D eigenvalue weighted by molar-refractivity contribution is 5.46. The molecule has 0 N–H and O–H groups in total. The molecule has 0 atom stereocenters. The zero-order valence-corrected chi connectivity index (χ0v) is 5.50. The van der Waals surface area contributed by atoms with Crippen LogP contribution in [0.1, 0.15) is 12.8 Å². The minimum absolute atomic E-state index is 0.526. The monoisotopic (exact) mass is 126 g/mol. The van der Waals surface area contributed by atoms with Crippen LogP contribution in [0.4, 0.5) is 0 Å². The lowest BCUT2D eigenvalue weighted by molar-refractivity contribution is -0.117. The van der Waals surface area contributed by atoms with Gasteiger partial charge in [-0.25, -0.2) is 0 Å². The van der Waals surface area contributed by atoms with E-state index < -0.39 is 0 Å². The van der Waals surface area contributed by atoms with E-state index in [9.17, 15) is 4.79 Å². The van der Waals surface area contributed by atoms with Crippen molar-refractivity contribution in [1.29, 1.82) is 5.26 Å². The lowest BCUT2D eigenvalue weighted by Crippen LogP contribution is -2.16. The molecule has 0 bridgehead atoms. The second-order valence-corrected chi connectivity index (χ2v) is 1.85. The van der Waals surface area contributed by atoms with Gasteiger partial charge in [0.25, 0.3) is 0 Å². The molecule has 9 heavy (non-hydrogen) atoms. The average Bonchev–Trinajstić information content (AvgIpc) is 1.89. The van der Waals surface area contributed by atoms with Gasteiger partial charge >= 0.3 is 0 Å². The van der Waals surface area contributed by atoms with Gasteiger partial charge < -0.3 is 4.90 Å². The van der Waals surface area contributed by atoms with Crippen molar-refractivity contribution in [2.45, 2.75) is 12.8 Å². The Hall–Kier alpha value is -1.04. The van der Waals surface area contributed by atoms with Gasteiger partial charge in [-0.05, 0) is 6.42 Å². The van der Waals surface area contributed by atoms with Crippen molar-refractivity contribution in [2.24, 2.45) is 0 Å². The fourth-order valence-electron chi connectivity index (χ4n) is 0.460. The fourth-order valence-corrected chi connectivity index (χ4v) is 0.460. The zero-order valence-electron chi connectivity index (χ0n) is 5.50. The largest absolute Gasteiger partial charge is 0.348 e. The van der Waals surface area contributed by atoms with Crippen LogP contribution in [0.5, 0.6) is 0 Å². The molecule has 0 spiro atoms. The Morgan fingerprint density at radius 3 is 2.89 bits per heavy atom. The van der Waals surface area contributed by atoms with Gasteiger partial charge in [0.2, 0.25) is 6.41 Å². The van der Waals surface area contributed by atoms with E-state index in [0.29, 0.717) is 13.0 Å². The Labute approximate surface area is 54.9 Å². The molecule has 0 rings (SSSR count). The highest BCUT2D eigenvalue weighted by Crippen LogP contribution is 1.87. The Morgan fingerprint density at radius 2 is 2.44 bits per heavy atom. The van der Waals surface area contributed by atoms with Crippen LogP contribution in [0, 0.1) is 11.3 Å². The summed E-state index contributed by atoms with van der Waals surface area (Å²) in [5.74, 6) is 0. The third kappa shape index (κ3) is 4.82. The molecule has 0 aliphatic rings. The molecular formula is C6H10N2O. The first kappa shape index (κ1) is 7.96. The molecule has 0 heterocycles. The Kier molecular flexibility index (Phi) is 4.51. The topological polar surface area (TPSA) is 44.1 Å². The van der Waals surface area contributed by atoms with E-state index in [2.05, 4.69) is 0 Å². The molecule has 0 aromatic carbocycles. The van der Waals surface area contributed by atoms with Crippen LogP contribution in [0.3, 0.4) is 0 Å². The Morgan fingerprint density at radius 1 is 1.78 bits per heavy atom. The molecule has 3 heteroatoms. The molecule has 0 fully saturated rings. The van der Waals surface area contributed by atoms with Crippen LogP contribution < -0.4 is 0 Å². The summed E-state index contributed by atoms with van der Waals surface area (Å²) in [6.45, 7) is 0.678. The maximum atomic E-state index is 9.94. The zero-order chi connectivity index (χ0) is 7.11. The number of unbranched alkanes of at least 4 members (excludes halogenated alkanes) is 1. The normalized spacial score (nSPS) is 8.00. The molecule has 0 radical (unpaired) electrons. The standard InChI is InChI=1S/C6H10N2O/c1-8(6-9)5-3-2-4-7/h6H,2-3,5H2,1H3. The van der Waals surface area contributed by atoms with E-state index in [1.54, 1.807) is 7.05 Å². The SMILES string of the molecule is CN(C=O)CCCC#N. The van der Waals surface area contributed by atoms with Crippen molar-refractivity contribution in [3.8, 4) is 6.07 Å². The van der Waals surface area contributed by atoms with Crippen LogP contribution in [0.25, 0.3) is 0 Å². The van der Waals surface area contributed by atoms with Gasteiger partial charge in [-0.3, -0.25) is 4.79 Å². The summed E-state index contributed by atoms with van der Waals surface area (Å²) in [7, 11) is 1.70. The highest BCUT2D eigenvalue weighted by atomic mass is 16.1. The lowest BCUT2D eigenvalue weighted by atomic mass is 10.3. The van der Waals surface area contributed by atoms with Gasteiger partial charge in [-0.2, -0.15) is 5.26 Å². The minimum Gasteiger partial charge on any atom is -0.348 e. The van der Waals surface area contributed by atoms with E-state index in [1.807, 2.05) is 6.07 Å². The van der Waals surface area contributed by atoms with Crippen LogP contribution in [0.15, 0.2) is 0 Å². The number of nitriles is 1. The van der Waals surface area contributed by atoms with Crippen LogP contribution in [-0.2, 0) is 4.79 Å². The predicted octanol–water partition coefficient (Wildman–Crippen LogP) is 0.378. The summed E-state index contributed by atoms with van der Waals surface area (Å²) in [4.78, 5) is 11.5. The smallest absolute Gasteiger partial charge is 0.209 e. The van der Waals surface area contributed by atoms with E-state index >= 15 is 0 Å². The fraction of sp³-hybridized carbons (Fsp3) is 0.667. The van der Waals surface area contributed by atoms with Crippen molar-refractivity contribution in [3.05, 3.63) is 0 Å². The van der Waals surface area contributed by atoms with Crippen molar-refractivity contribution in [2.75, 3.05) is 13.6 Å². The van der Waals surface area contributed by atoms with Crippen molar-refractivity contribution in [1.82, 2.24) is 4.90 Å². The van der Waals surface area contributed by atoms with Crippen LogP contribution in [-0.4, -0.2) is 24.9 Å². The lowest BCUT2D eigenvalue weighted by Gasteiger charge is -2.06.